The van der Waals surface area contributed by atoms with Crippen LogP contribution >= 0.6 is 11.6 Å². The summed E-state index contributed by atoms with van der Waals surface area (Å²) < 4.78 is 0. The van der Waals surface area contributed by atoms with Gasteiger partial charge in [0.15, 0.2) is 0 Å². The van der Waals surface area contributed by atoms with E-state index in [9.17, 15) is 4.79 Å². The molecule has 0 aromatic heterocycles. The van der Waals surface area contributed by atoms with Crippen molar-refractivity contribution in [3.8, 4) is 0 Å². The van der Waals surface area contributed by atoms with Gasteiger partial charge < -0.3 is 10.6 Å². The van der Waals surface area contributed by atoms with E-state index in [-0.39, 0.29) is 11.9 Å². The predicted molar refractivity (Wildman–Crippen MR) is 82.7 cm³/mol. The number of benzene rings is 1. The molecule has 2 rings (SSSR count). The van der Waals surface area contributed by atoms with Crippen LogP contribution in [-0.4, -0.2) is 29.9 Å². The molecule has 4 heteroatoms. The van der Waals surface area contributed by atoms with Gasteiger partial charge in [-0.05, 0) is 37.0 Å². The standard InChI is InChI=1S/C16H23ClN2O/c1-16(2,11-12-4-3-5-13(17)10-12)15(20)19-8-6-14(18)7-9-19/h3-5,10,14H,6-9,11,18H2,1-2H3. The molecule has 1 saturated heterocycles. The molecule has 1 aliphatic heterocycles. The first-order chi connectivity index (χ1) is 9.38. The van der Waals surface area contributed by atoms with Gasteiger partial charge in [-0.3, -0.25) is 4.79 Å². The summed E-state index contributed by atoms with van der Waals surface area (Å²) in [5.41, 5.74) is 6.58. The molecule has 110 valence electrons. The Morgan fingerprint density at radius 1 is 1.40 bits per heavy atom. The molecule has 1 aromatic rings. The lowest BCUT2D eigenvalue weighted by molar-refractivity contribution is -0.141. The molecule has 1 fully saturated rings. The monoisotopic (exact) mass is 294 g/mol. The molecule has 0 atom stereocenters. The van der Waals surface area contributed by atoms with E-state index >= 15 is 0 Å². The summed E-state index contributed by atoms with van der Waals surface area (Å²) in [4.78, 5) is 14.6. The van der Waals surface area contributed by atoms with Crippen molar-refractivity contribution in [1.82, 2.24) is 4.90 Å². The highest BCUT2D eigenvalue weighted by Crippen LogP contribution is 2.27. The second-order valence-electron chi connectivity index (χ2n) is 6.32. The molecule has 1 heterocycles. The number of amides is 1. The predicted octanol–water partition coefficient (Wildman–Crippen LogP) is 2.86. The van der Waals surface area contributed by atoms with Gasteiger partial charge in [0, 0.05) is 29.6 Å². The number of halogens is 1. The lowest BCUT2D eigenvalue weighted by atomic mass is 9.83. The maximum absolute atomic E-state index is 12.7. The molecule has 3 nitrogen and oxygen atoms in total. The van der Waals surface area contributed by atoms with Gasteiger partial charge in [-0.2, -0.15) is 0 Å². The van der Waals surface area contributed by atoms with Crippen LogP contribution < -0.4 is 5.73 Å². The third-order valence-electron chi connectivity index (χ3n) is 3.94. The quantitative estimate of drug-likeness (QED) is 0.932. The van der Waals surface area contributed by atoms with Crippen LogP contribution in [0.25, 0.3) is 0 Å². The van der Waals surface area contributed by atoms with Crippen molar-refractivity contribution in [2.75, 3.05) is 13.1 Å². The minimum Gasteiger partial charge on any atom is -0.342 e. The number of nitrogens with two attached hydrogens (primary N) is 1. The number of nitrogens with zero attached hydrogens (tertiary/aromatic N) is 1. The Kier molecular flexibility index (Phi) is 4.71. The first-order valence-corrected chi connectivity index (χ1v) is 7.56. The van der Waals surface area contributed by atoms with Crippen molar-refractivity contribution < 1.29 is 4.79 Å². The third kappa shape index (κ3) is 3.74. The molecular weight excluding hydrogens is 272 g/mol. The van der Waals surface area contributed by atoms with E-state index in [2.05, 4.69) is 0 Å². The van der Waals surface area contributed by atoms with Gasteiger partial charge in [-0.1, -0.05) is 37.6 Å². The number of piperidine rings is 1. The average molecular weight is 295 g/mol. The number of hydrogen-bond donors (Lipinski definition) is 1. The molecule has 2 N–H and O–H groups in total. The lowest BCUT2D eigenvalue weighted by Crippen LogP contribution is -2.48. The fraction of sp³-hybridized carbons (Fsp3) is 0.562. The lowest BCUT2D eigenvalue weighted by Gasteiger charge is -2.36. The normalized spacial score (nSPS) is 17.3. The molecule has 1 aliphatic rings. The zero-order valence-electron chi connectivity index (χ0n) is 12.2. The summed E-state index contributed by atoms with van der Waals surface area (Å²) in [7, 11) is 0. The van der Waals surface area contributed by atoms with Gasteiger partial charge in [-0.25, -0.2) is 0 Å². The zero-order chi connectivity index (χ0) is 14.8. The Balaban J connectivity index is 2.03. The van der Waals surface area contributed by atoms with Gasteiger partial charge >= 0.3 is 0 Å². The van der Waals surface area contributed by atoms with Crippen LogP contribution in [0.15, 0.2) is 24.3 Å². The Bertz CT molecular complexity index is 479. The summed E-state index contributed by atoms with van der Waals surface area (Å²) >= 11 is 6.01. The maximum Gasteiger partial charge on any atom is 0.228 e. The number of carbonyl (C=O) groups excluding carboxylic acids is 1. The topological polar surface area (TPSA) is 46.3 Å². The number of carbonyl (C=O) groups is 1. The van der Waals surface area contributed by atoms with Crippen LogP contribution in [0.2, 0.25) is 5.02 Å². The third-order valence-corrected chi connectivity index (χ3v) is 4.18. The first-order valence-electron chi connectivity index (χ1n) is 7.18. The van der Waals surface area contributed by atoms with Gasteiger partial charge in [0.2, 0.25) is 5.91 Å². The van der Waals surface area contributed by atoms with E-state index in [4.69, 9.17) is 17.3 Å². The van der Waals surface area contributed by atoms with E-state index < -0.39 is 5.41 Å². The van der Waals surface area contributed by atoms with Crippen molar-refractivity contribution >= 4 is 17.5 Å². The Hall–Kier alpha value is -1.06. The molecule has 0 aliphatic carbocycles. The SMILES string of the molecule is CC(C)(Cc1cccc(Cl)c1)C(=O)N1CCC(N)CC1. The maximum atomic E-state index is 12.7. The van der Waals surface area contributed by atoms with Crippen molar-refractivity contribution in [2.24, 2.45) is 11.1 Å². The first kappa shape index (κ1) is 15.3. The molecular formula is C16H23ClN2O. The van der Waals surface area contributed by atoms with E-state index in [1.807, 2.05) is 43.0 Å². The van der Waals surface area contributed by atoms with Gasteiger partial charge in [-0.15, -0.1) is 0 Å². The number of hydrogen-bond acceptors (Lipinski definition) is 2. The highest BCUT2D eigenvalue weighted by molar-refractivity contribution is 6.30. The Labute approximate surface area is 126 Å². The molecule has 0 saturated carbocycles. The van der Waals surface area contributed by atoms with Crippen LogP contribution in [0, 0.1) is 5.41 Å². The van der Waals surface area contributed by atoms with Crippen molar-refractivity contribution in [3.63, 3.8) is 0 Å². The second-order valence-corrected chi connectivity index (χ2v) is 6.76. The van der Waals surface area contributed by atoms with Crippen LogP contribution in [0.3, 0.4) is 0 Å². The van der Waals surface area contributed by atoms with Crippen LogP contribution in [0.4, 0.5) is 0 Å². The largest absolute Gasteiger partial charge is 0.342 e. The molecule has 1 aromatic carbocycles. The molecule has 20 heavy (non-hydrogen) atoms. The molecule has 0 unspecified atom stereocenters. The summed E-state index contributed by atoms with van der Waals surface area (Å²) in [6, 6.07) is 7.98. The molecule has 1 amide bonds. The minimum absolute atomic E-state index is 0.212. The summed E-state index contributed by atoms with van der Waals surface area (Å²) in [5, 5.41) is 0.717. The smallest absolute Gasteiger partial charge is 0.228 e. The van der Waals surface area contributed by atoms with Crippen molar-refractivity contribution in [1.29, 1.82) is 0 Å². The average Bonchev–Trinajstić information content (AvgIpc) is 2.38. The summed E-state index contributed by atoms with van der Waals surface area (Å²) in [6.45, 7) is 5.56. The van der Waals surface area contributed by atoms with Gasteiger partial charge in [0.1, 0.15) is 0 Å². The van der Waals surface area contributed by atoms with E-state index in [0.717, 1.165) is 36.5 Å². The summed E-state index contributed by atoms with van der Waals surface area (Å²) in [6.07, 6.45) is 2.51. The van der Waals surface area contributed by atoms with Crippen LogP contribution in [-0.2, 0) is 11.2 Å². The number of rotatable bonds is 3. The fourth-order valence-electron chi connectivity index (χ4n) is 2.76. The number of likely N-dealkylation sites (tertiary alicyclic amines) is 1. The van der Waals surface area contributed by atoms with Crippen LogP contribution in [0.5, 0.6) is 0 Å². The highest BCUT2D eigenvalue weighted by atomic mass is 35.5. The van der Waals surface area contributed by atoms with Gasteiger partial charge in [0.25, 0.3) is 0 Å². The second kappa shape index (κ2) is 6.15. The van der Waals surface area contributed by atoms with E-state index in [1.54, 1.807) is 0 Å². The highest BCUT2D eigenvalue weighted by Gasteiger charge is 2.33. The van der Waals surface area contributed by atoms with Gasteiger partial charge in [0.05, 0.1) is 0 Å². The van der Waals surface area contributed by atoms with Crippen LogP contribution in [0.1, 0.15) is 32.3 Å². The summed E-state index contributed by atoms with van der Waals surface area (Å²) in [5.74, 6) is 0.212. The zero-order valence-corrected chi connectivity index (χ0v) is 13.0. The fourth-order valence-corrected chi connectivity index (χ4v) is 2.98. The minimum atomic E-state index is -0.411. The molecule has 0 spiro atoms. The van der Waals surface area contributed by atoms with Crippen molar-refractivity contribution in [3.05, 3.63) is 34.9 Å². The molecule has 0 radical (unpaired) electrons. The Morgan fingerprint density at radius 2 is 2.05 bits per heavy atom. The van der Waals surface area contributed by atoms with E-state index in [0.29, 0.717) is 6.42 Å². The molecule has 0 bridgehead atoms. The van der Waals surface area contributed by atoms with E-state index in [1.165, 1.54) is 0 Å². The van der Waals surface area contributed by atoms with Crippen molar-refractivity contribution in [2.45, 2.75) is 39.2 Å². The Morgan fingerprint density at radius 3 is 2.65 bits per heavy atom.